The molecular weight excluding hydrogens is 392 g/mol. The maximum atomic E-state index is 12.3. The van der Waals surface area contributed by atoms with Crippen molar-refractivity contribution in [3.63, 3.8) is 0 Å². The number of amides is 1. The van der Waals surface area contributed by atoms with E-state index in [-0.39, 0.29) is 22.8 Å². The molecule has 0 fully saturated rings. The van der Waals surface area contributed by atoms with Gasteiger partial charge in [0.15, 0.2) is 5.76 Å². The van der Waals surface area contributed by atoms with Crippen molar-refractivity contribution in [2.45, 2.75) is 5.22 Å². The SMILES string of the molecule is O=C(CSc1nnc(-c2ccco2)o1)Nc1cc(Cl)ccc1-n1cncn1. The lowest BCUT2D eigenvalue weighted by Gasteiger charge is -2.10. The van der Waals surface area contributed by atoms with Gasteiger partial charge in [-0.05, 0) is 30.3 Å². The van der Waals surface area contributed by atoms with E-state index in [1.54, 1.807) is 30.3 Å². The average molecular weight is 403 g/mol. The number of furan rings is 1. The largest absolute Gasteiger partial charge is 0.459 e. The normalized spacial score (nSPS) is 10.9. The third kappa shape index (κ3) is 4.01. The predicted molar refractivity (Wildman–Crippen MR) is 97.7 cm³/mol. The first-order valence-corrected chi connectivity index (χ1v) is 9.00. The lowest BCUT2D eigenvalue weighted by Crippen LogP contribution is -2.16. The second-order valence-electron chi connectivity index (χ2n) is 5.19. The number of anilines is 1. The van der Waals surface area contributed by atoms with Crippen LogP contribution in [0.5, 0.6) is 0 Å². The second-order valence-corrected chi connectivity index (χ2v) is 6.55. The molecule has 0 spiro atoms. The Labute approximate surface area is 161 Å². The van der Waals surface area contributed by atoms with Crippen LogP contribution in [0.3, 0.4) is 0 Å². The van der Waals surface area contributed by atoms with Crippen molar-refractivity contribution >= 4 is 35.0 Å². The van der Waals surface area contributed by atoms with Gasteiger partial charge in [-0.2, -0.15) is 5.10 Å². The van der Waals surface area contributed by atoms with Gasteiger partial charge in [0.25, 0.3) is 11.1 Å². The highest BCUT2D eigenvalue weighted by atomic mass is 35.5. The van der Waals surface area contributed by atoms with Gasteiger partial charge in [0.05, 0.1) is 23.4 Å². The summed E-state index contributed by atoms with van der Waals surface area (Å²) in [7, 11) is 0. The molecule has 0 aliphatic rings. The molecule has 1 aromatic carbocycles. The van der Waals surface area contributed by atoms with Crippen LogP contribution in [-0.2, 0) is 4.79 Å². The van der Waals surface area contributed by atoms with Crippen LogP contribution < -0.4 is 5.32 Å². The molecule has 27 heavy (non-hydrogen) atoms. The maximum Gasteiger partial charge on any atom is 0.284 e. The fourth-order valence-electron chi connectivity index (χ4n) is 2.22. The van der Waals surface area contributed by atoms with Gasteiger partial charge >= 0.3 is 0 Å². The molecule has 0 unspecified atom stereocenters. The summed E-state index contributed by atoms with van der Waals surface area (Å²) in [6, 6.07) is 8.52. The molecule has 4 aromatic rings. The first kappa shape index (κ1) is 17.3. The van der Waals surface area contributed by atoms with Crippen molar-refractivity contribution in [3.8, 4) is 17.3 Å². The Morgan fingerprint density at radius 2 is 2.22 bits per heavy atom. The zero-order chi connectivity index (χ0) is 18.6. The molecule has 0 atom stereocenters. The van der Waals surface area contributed by atoms with Crippen molar-refractivity contribution in [1.29, 1.82) is 0 Å². The van der Waals surface area contributed by atoms with Crippen LogP contribution in [0.2, 0.25) is 5.02 Å². The number of carbonyl (C=O) groups excluding carboxylic acids is 1. The molecule has 0 radical (unpaired) electrons. The minimum atomic E-state index is -0.263. The molecule has 1 N–H and O–H groups in total. The van der Waals surface area contributed by atoms with Crippen molar-refractivity contribution in [2.24, 2.45) is 0 Å². The number of halogens is 1. The van der Waals surface area contributed by atoms with E-state index in [1.165, 1.54) is 23.6 Å². The number of benzene rings is 1. The van der Waals surface area contributed by atoms with Gasteiger partial charge in [-0.15, -0.1) is 10.2 Å². The van der Waals surface area contributed by atoms with E-state index >= 15 is 0 Å². The first-order chi connectivity index (χ1) is 13.2. The number of nitrogens with one attached hydrogen (secondary N) is 1. The molecule has 0 aliphatic heterocycles. The molecule has 3 heterocycles. The molecule has 0 aliphatic carbocycles. The Morgan fingerprint density at radius 1 is 1.30 bits per heavy atom. The van der Waals surface area contributed by atoms with Crippen LogP contribution in [0.1, 0.15) is 0 Å². The van der Waals surface area contributed by atoms with E-state index in [2.05, 4.69) is 25.6 Å². The summed E-state index contributed by atoms with van der Waals surface area (Å²) in [5.41, 5.74) is 1.16. The van der Waals surface area contributed by atoms with E-state index in [9.17, 15) is 4.79 Å². The number of hydrogen-bond acceptors (Lipinski definition) is 8. The Bertz CT molecular complexity index is 1050. The molecule has 9 nitrogen and oxygen atoms in total. The number of carbonyl (C=O) groups is 1. The van der Waals surface area contributed by atoms with Gasteiger partial charge in [0, 0.05) is 5.02 Å². The Balaban J connectivity index is 1.42. The second kappa shape index (κ2) is 7.64. The van der Waals surface area contributed by atoms with Crippen LogP contribution in [0.15, 0.2) is 63.3 Å². The number of rotatable bonds is 6. The highest BCUT2D eigenvalue weighted by Crippen LogP contribution is 2.26. The quantitative estimate of drug-likeness (QED) is 0.489. The van der Waals surface area contributed by atoms with Crippen LogP contribution in [0, 0.1) is 0 Å². The monoisotopic (exact) mass is 402 g/mol. The zero-order valence-corrected chi connectivity index (χ0v) is 15.1. The summed E-state index contributed by atoms with van der Waals surface area (Å²) in [6.07, 6.45) is 4.45. The van der Waals surface area contributed by atoms with Gasteiger partial charge in [-0.1, -0.05) is 23.4 Å². The lowest BCUT2D eigenvalue weighted by molar-refractivity contribution is -0.113. The molecule has 136 valence electrons. The standard InChI is InChI=1S/C16H11ClN6O3S/c17-10-3-4-12(23-9-18-8-19-23)11(6-10)20-14(24)7-27-16-22-21-15(26-16)13-2-1-5-25-13/h1-6,8-9H,7H2,(H,20,24). The van der Waals surface area contributed by atoms with Crippen LogP contribution in [0.25, 0.3) is 17.3 Å². The maximum absolute atomic E-state index is 12.3. The van der Waals surface area contributed by atoms with Crippen molar-refractivity contribution in [2.75, 3.05) is 11.1 Å². The average Bonchev–Trinajstić information content (AvgIpc) is 3.41. The molecule has 0 bridgehead atoms. The fourth-order valence-corrected chi connectivity index (χ4v) is 2.96. The van der Waals surface area contributed by atoms with E-state index in [0.717, 1.165) is 11.8 Å². The number of thioether (sulfide) groups is 1. The fraction of sp³-hybridized carbons (Fsp3) is 0.0625. The van der Waals surface area contributed by atoms with Gasteiger partial charge in [0.2, 0.25) is 5.91 Å². The van der Waals surface area contributed by atoms with Crippen molar-refractivity contribution < 1.29 is 13.6 Å². The van der Waals surface area contributed by atoms with Crippen LogP contribution in [-0.4, -0.2) is 36.6 Å². The Hall–Kier alpha value is -3.11. The number of aromatic nitrogens is 5. The van der Waals surface area contributed by atoms with Gasteiger partial charge in [-0.3, -0.25) is 4.79 Å². The third-order valence-electron chi connectivity index (χ3n) is 3.36. The number of nitrogens with zero attached hydrogens (tertiary/aromatic N) is 5. The zero-order valence-electron chi connectivity index (χ0n) is 13.6. The topological polar surface area (TPSA) is 112 Å². The molecule has 1 amide bonds. The smallest absolute Gasteiger partial charge is 0.284 e. The number of hydrogen-bond donors (Lipinski definition) is 1. The van der Waals surface area contributed by atoms with E-state index in [0.29, 0.717) is 22.2 Å². The van der Waals surface area contributed by atoms with Crippen LogP contribution >= 0.6 is 23.4 Å². The van der Waals surface area contributed by atoms with Gasteiger partial charge in [-0.25, -0.2) is 9.67 Å². The Morgan fingerprint density at radius 3 is 3.00 bits per heavy atom. The highest BCUT2D eigenvalue weighted by molar-refractivity contribution is 7.99. The lowest BCUT2D eigenvalue weighted by atomic mass is 10.2. The molecule has 0 saturated heterocycles. The molecule has 4 rings (SSSR count). The minimum Gasteiger partial charge on any atom is -0.459 e. The van der Waals surface area contributed by atoms with E-state index in [1.807, 2.05) is 0 Å². The summed E-state index contributed by atoms with van der Waals surface area (Å²) in [5, 5.41) is 15.4. The highest BCUT2D eigenvalue weighted by Gasteiger charge is 2.14. The molecule has 0 saturated carbocycles. The summed E-state index contributed by atoms with van der Waals surface area (Å²) >= 11 is 7.15. The predicted octanol–water partition coefficient (Wildman–Crippen LogP) is 3.29. The van der Waals surface area contributed by atoms with Crippen molar-refractivity contribution in [3.05, 3.63) is 54.3 Å². The summed E-state index contributed by atoms with van der Waals surface area (Å²) < 4.78 is 12.2. The van der Waals surface area contributed by atoms with Gasteiger partial charge in [0.1, 0.15) is 12.7 Å². The third-order valence-corrected chi connectivity index (χ3v) is 4.42. The Kier molecular flexibility index (Phi) is 4.90. The van der Waals surface area contributed by atoms with Crippen molar-refractivity contribution in [1.82, 2.24) is 25.0 Å². The minimum absolute atomic E-state index is 0.0725. The summed E-state index contributed by atoms with van der Waals surface area (Å²) in [5.74, 6) is 0.533. The summed E-state index contributed by atoms with van der Waals surface area (Å²) in [4.78, 5) is 16.2. The van der Waals surface area contributed by atoms with Gasteiger partial charge < -0.3 is 14.2 Å². The van der Waals surface area contributed by atoms with E-state index < -0.39 is 0 Å². The molecule has 3 aromatic heterocycles. The first-order valence-electron chi connectivity index (χ1n) is 7.63. The summed E-state index contributed by atoms with van der Waals surface area (Å²) in [6.45, 7) is 0. The molecule has 11 heteroatoms. The van der Waals surface area contributed by atoms with E-state index in [4.69, 9.17) is 20.4 Å². The van der Waals surface area contributed by atoms with Crippen LogP contribution in [0.4, 0.5) is 5.69 Å². The molecular formula is C16H11ClN6O3S.